The summed E-state index contributed by atoms with van der Waals surface area (Å²) in [6.45, 7) is 18.8. The van der Waals surface area contributed by atoms with Crippen LogP contribution in [0.15, 0.2) is 0 Å². The molecule has 2 heteroatoms. The fourth-order valence-electron chi connectivity index (χ4n) is 7.18. The van der Waals surface area contributed by atoms with Gasteiger partial charge in [0.15, 0.2) is 0 Å². The predicted octanol–water partition coefficient (Wildman–Crippen LogP) is 6.29. The van der Waals surface area contributed by atoms with Crippen LogP contribution in [0.25, 0.3) is 0 Å². The fourth-order valence-corrected chi connectivity index (χ4v) is 7.46. The third-order valence-corrected chi connectivity index (χ3v) is 8.96. The van der Waals surface area contributed by atoms with Crippen molar-refractivity contribution in [2.75, 3.05) is 19.6 Å². The molecule has 6 unspecified atom stereocenters. The van der Waals surface area contributed by atoms with Gasteiger partial charge in [0, 0.05) is 17.8 Å². The smallest absolute Gasteiger partial charge is 0.0142 e. The molecule has 0 N–H and O–H groups in total. The Bertz CT molecular complexity index is 465. The molecular weight excluding hydrogens is 322 g/mol. The molecule has 3 aliphatic rings. The SMILES string of the molecule is CCC(C1CCC(C)C1)C(C)(C)CC1CN2CCC(C(C)(C)S)(C1)C2. The molecule has 2 saturated heterocycles. The lowest BCUT2D eigenvalue weighted by Gasteiger charge is -2.49. The molecule has 3 fully saturated rings. The quantitative estimate of drug-likeness (QED) is 0.542. The molecule has 0 amide bonds. The zero-order valence-electron chi connectivity index (χ0n) is 17.8. The molecule has 6 atom stereocenters. The summed E-state index contributed by atoms with van der Waals surface area (Å²) in [5.41, 5.74) is 0.923. The van der Waals surface area contributed by atoms with Gasteiger partial charge in [-0.25, -0.2) is 0 Å². The molecule has 2 aliphatic heterocycles. The van der Waals surface area contributed by atoms with Gasteiger partial charge in [-0.05, 0) is 73.2 Å². The number of nitrogens with zero attached hydrogens (tertiary/aromatic N) is 1. The molecule has 0 spiro atoms. The molecule has 2 bridgehead atoms. The Morgan fingerprint density at radius 2 is 1.92 bits per heavy atom. The average molecular weight is 366 g/mol. The number of fused-ring (bicyclic) bond motifs is 2. The number of thiol groups is 1. The van der Waals surface area contributed by atoms with Crippen molar-refractivity contribution in [2.24, 2.45) is 34.5 Å². The van der Waals surface area contributed by atoms with E-state index in [4.69, 9.17) is 12.6 Å². The topological polar surface area (TPSA) is 3.24 Å². The Labute approximate surface area is 163 Å². The maximum absolute atomic E-state index is 5.06. The van der Waals surface area contributed by atoms with Gasteiger partial charge in [0.25, 0.3) is 0 Å². The van der Waals surface area contributed by atoms with Gasteiger partial charge in [0.05, 0.1) is 0 Å². The Morgan fingerprint density at radius 1 is 1.20 bits per heavy atom. The second kappa shape index (κ2) is 7.04. The van der Waals surface area contributed by atoms with Crippen LogP contribution < -0.4 is 0 Å². The number of piperidine rings is 1. The van der Waals surface area contributed by atoms with E-state index in [1.165, 1.54) is 64.6 Å². The molecule has 0 aromatic heterocycles. The van der Waals surface area contributed by atoms with Crippen LogP contribution in [-0.4, -0.2) is 29.3 Å². The van der Waals surface area contributed by atoms with E-state index in [0.717, 1.165) is 23.7 Å². The molecule has 0 aromatic carbocycles. The highest BCUT2D eigenvalue weighted by Crippen LogP contribution is 2.55. The summed E-state index contributed by atoms with van der Waals surface area (Å²) in [6.07, 6.45) is 9.96. The van der Waals surface area contributed by atoms with Crippen molar-refractivity contribution in [1.82, 2.24) is 4.90 Å². The highest BCUT2D eigenvalue weighted by Gasteiger charge is 2.52. The molecule has 1 saturated carbocycles. The number of hydrogen-bond donors (Lipinski definition) is 1. The van der Waals surface area contributed by atoms with Gasteiger partial charge in [-0.2, -0.15) is 12.6 Å². The standard InChI is InChI=1S/C23H43NS/c1-7-20(19-9-8-17(2)12-19)21(3,4)13-18-14-23(22(5,6)25)10-11-24(15-18)16-23/h17-20,25H,7-16H2,1-6H3. The largest absolute Gasteiger partial charge is 0.302 e. The second-order valence-electron chi connectivity index (χ2n) is 11.3. The first-order chi connectivity index (χ1) is 11.6. The molecule has 3 rings (SSSR count). The van der Waals surface area contributed by atoms with Gasteiger partial charge in [0.1, 0.15) is 0 Å². The van der Waals surface area contributed by atoms with Crippen molar-refractivity contribution in [3.8, 4) is 0 Å². The molecular formula is C23H43NS. The maximum Gasteiger partial charge on any atom is 0.0142 e. The van der Waals surface area contributed by atoms with E-state index in [9.17, 15) is 0 Å². The Hall–Kier alpha value is 0.310. The first-order valence-corrected chi connectivity index (χ1v) is 11.5. The van der Waals surface area contributed by atoms with Crippen molar-refractivity contribution in [3.05, 3.63) is 0 Å². The van der Waals surface area contributed by atoms with Crippen LogP contribution in [0.1, 0.15) is 86.5 Å². The monoisotopic (exact) mass is 365 g/mol. The average Bonchev–Trinajstić information content (AvgIpc) is 3.03. The Morgan fingerprint density at radius 3 is 2.48 bits per heavy atom. The summed E-state index contributed by atoms with van der Waals surface area (Å²) < 4.78 is 0.148. The predicted molar refractivity (Wildman–Crippen MR) is 113 cm³/mol. The molecule has 25 heavy (non-hydrogen) atoms. The van der Waals surface area contributed by atoms with Crippen molar-refractivity contribution in [3.63, 3.8) is 0 Å². The van der Waals surface area contributed by atoms with E-state index >= 15 is 0 Å². The Kier molecular flexibility index (Phi) is 5.65. The van der Waals surface area contributed by atoms with Crippen molar-refractivity contribution < 1.29 is 0 Å². The van der Waals surface area contributed by atoms with Crippen molar-refractivity contribution in [1.29, 1.82) is 0 Å². The number of rotatable bonds is 6. The third-order valence-electron chi connectivity index (χ3n) is 8.49. The zero-order valence-corrected chi connectivity index (χ0v) is 18.7. The summed E-state index contributed by atoms with van der Waals surface area (Å²) in [5.74, 6) is 3.71. The summed E-state index contributed by atoms with van der Waals surface area (Å²) in [4.78, 5) is 2.75. The molecule has 1 nitrogen and oxygen atoms in total. The lowest BCUT2D eigenvalue weighted by molar-refractivity contribution is 0.0421. The maximum atomic E-state index is 5.06. The van der Waals surface area contributed by atoms with Gasteiger partial charge < -0.3 is 4.90 Å². The molecule has 1 aliphatic carbocycles. The minimum absolute atomic E-state index is 0.148. The van der Waals surface area contributed by atoms with Crippen LogP contribution in [0, 0.1) is 34.5 Å². The summed E-state index contributed by atoms with van der Waals surface area (Å²) >= 11 is 5.06. The molecule has 0 radical (unpaired) electrons. The van der Waals surface area contributed by atoms with E-state index < -0.39 is 0 Å². The van der Waals surface area contributed by atoms with E-state index in [1.807, 2.05) is 0 Å². The summed E-state index contributed by atoms with van der Waals surface area (Å²) in [7, 11) is 0. The highest BCUT2D eigenvalue weighted by molar-refractivity contribution is 7.81. The Balaban J connectivity index is 1.70. The van der Waals surface area contributed by atoms with Crippen LogP contribution in [0.2, 0.25) is 0 Å². The first kappa shape index (κ1) is 20.1. The normalized spacial score (nSPS) is 40.4. The minimum Gasteiger partial charge on any atom is -0.302 e. The van der Waals surface area contributed by atoms with E-state index in [-0.39, 0.29) is 4.75 Å². The van der Waals surface area contributed by atoms with Crippen molar-refractivity contribution >= 4 is 12.6 Å². The van der Waals surface area contributed by atoms with Crippen molar-refractivity contribution in [2.45, 2.75) is 91.2 Å². The fraction of sp³-hybridized carbons (Fsp3) is 1.00. The van der Waals surface area contributed by atoms with Crippen LogP contribution in [0.3, 0.4) is 0 Å². The number of hydrogen-bond acceptors (Lipinski definition) is 2. The lowest BCUT2D eigenvalue weighted by Crippen LogP contribution is -2.49. The minimum atomic E-state index is 0.148. The van der Waals surface area contributed by atoms with Gasteiger partial charge in [-0.15, -0.1) is 0 Å². The van der Waals surface area contributed by atoms with Crippen LogP contribution >= 0.6 is 12.6 Å². The second-order valence-corrected chi connectivity index (χ2v) is 12.4. The molecule has 0 aromatic rings. The summed E-state index contributed by atoms with van der Waals surface area (Å²) in [6, 6.07) is 0. The van der Waals surface area contributed by atoms with E-state index in [2.05, 4.69) is 46.4 Å². The highest BCUT2D eigenvalue weighted by atomic mass is 32.1. The third kappa shape index (κ3) is 3.96. The first-order valence-electron chi connectivity index (χ1n) is 11.0. The van der Waals surface area contributed by atoms with Crippen LogP contribution in [-0.2, 0) is 0 Å². The molecule has 146 valence electrons. The lowest BCUT2D eigenvalue weighted by atomic mass is 9.62. The van der Waals surface area contributed by atoms with Crippen LogP contribution in [0.4, 0.5) is 0 Å². The molecule has 2 heterocycles. The van der Waals surface area contributed by atoms with E-state index in [1.54, 1.807) is 0 Å². The van der Waals surface area contributed by atoms with Crippen LogP contribution in [0.5, 0.6) is 0 Å². The van der Waals surface area contributed by atoms with Gasteiger partial charge >= 0.3 is 0 Å². The van der Waals surface area contributed by atoms with Gasteiger partial charge in [-0.1, -0.05) is 54.4 Å². The van der Waals surface area contributed by atoms with Gasteiger partial charge in [0.2, 0.25) is 0 Å². The van der Waals surface area contributed by atoms with Gasteiger partial charge in [-0.3, -0.25) is 0 Å². The zero-order chi connectivity index (χ0) is 18.5. The summed E-state index contributed by atoms with van der Waals surface area (Å²) in [5, 5.41) is 0. The van der Waals surface area contributed by atoms with E-state index in [0.29, 0.717) is 10.8 Å².